The number of nitriles is 1. The maximum atomic E-state index is 12.3. The van der Waals surface area contributed by atoms with Gasteiger partial charge in [0.2, 0.25) is 5.91 Å². The van der Waals surface area contributed by atoms with Crippen molar-refractivity contribution in [1.82, 2.24) is 9.88 Å². The second kappa shape index (κ2) is 6.75. The van der Waals surface area contributed by atoms with Crippen LogP contribution in [-0.4, -0.2) is 34.9 Å². The highest BCUT2D eigenvalue weighted by Gasteiger charge is 2.21. The van der Waals surface area contributed by atoms with Gasteiger partial charge in [0, 0.05) is 31.2 Å². The van der Waals surface area contributed by atoms with E-state index in [4.69, 9.17) is 11.0 Å². The number of aryl methyl sites for hydroxylation is 1. The van der Waals surface area contributed by atoms with Crippen LogP contribution in [0.25, 0.3) is 0 Å². The zero-order valence-corrected chi connectivity index (χ0v) is 13.1. The van der Waals surface area contributed by atoms with Crippen LogP contribution in [0.1, 0.15) is 41.6 Å². The number of nitrogens with two attached hydrogens (primary N) is 1. The lowest BCUT2D eigenvalue weighted by atomic mass is 9.98. The number of nitrogens with zero attached hydrogens (tertiary/aromatic N) is 2. The number of nitrogens with one attached hydrogen (secondary N) is 1. The number of amides is 1. The van der Waals surface area contributed by atoms with Crippen LogP contribution in [0.5, 0.6) is 0 Å². The second-order valence-electron chi connectivity index (χ2n) is 5.91. The molecule has 1 atom stereocenters. The summed E-state index contributed by atoms with van der Waals surface area (Å²) in [6, 6.07) is 2.00. The van der Waals surface area contributed by atoms with Crippen LogP contribution in [0, 0.1) is 25.2 Å². The quantitative estimate of drug-likeness (QED) is 0.859. The van der Waals surface area contributed by atoms with E-state index < -0.39 is 0 Å². The highest BCUT2D eigenvalue weighted by atomic mass is 16.2. The SMILES string of the molecule is Cc1[nH]c(=O)c(C#N)c(C)c1CCC(=O)N1CCC[C@H](N)C1. The summed E-state index contributed by atoms with van der Waals surface area (Å²) >= 11 is 0. The van der Waals surface area contributed by atoms with Crippen molar-refractivity contribution in [2.24, 2.45) is 5.73 Å². The molecule has 2 heterocycles. The van der Waals surface area contributed by atoms with Crippen molar-refractivity contribution in [1.29, 1.82) is 5.26 Å². The maximum Gasteiger partial charge on any atom is 0.266 e. The van der Waals surface area contributed by atoms with Gasteiger partial charge in [-0.3, -0.25) is 9.59 Å². The van der Waals surface area contributed by atoms with Crippen LogP contribution in [0.3, 0.4) is 0 Å². The summed E-state index contributed by atoms with van der Waals surface area (Å²) in [4.78, 5) is 28.5. The molecule has 1 aliphatic heterocycles. The predicted molar refractivity (Wildman–Crippen MR) is 83.4 cm³/mol. The number of carbonyl (C=O) groups excluding carboxylic acids is 1. The summed E-state index contributed by atoms with van der Waals surface area (Å²) < 4.78 is 0. The molecule has 3 N–H and O–H groups in total. The van der Waals surface area contributed by atoms with Gasteiger partial charge in [0.15, 0.2) is 0 Å². The average Bonchev–Trinajstić information content (AvgIpc) is 2.46. The Labute approximate surface area is 129 Å². The van der Waals surface area contributed by atoms with Crippen LogP contribution in [0.2, 0.25) is 0 Å². The highest BCUT2D eigenvalue weighted by Crippen LogP contribution is 2.16. The number of hydrogen-bond acceptors (Lipinski definition) is 4. The van der Waals surface area contributed by atoms with Gasteiger partial charge in [-0.2, -0.15) is 5.26 Å². The number of aromatic amines is 1. The first-order chi connectivity index (χ1) is 10.4. The van der Waals surface area contributed by atoms with E-state index in [2.05, 4.69) is 4.98 Å². The van der Waals surface area contributed by atoms with Crippen molar-refractivity contribution in [3.63, 3.8) is 0 Å². The van der Waals surface area contributed by atoms with E-state index >= 15 is 0 Å². The van der Waals surface area contributed by atoms with Crippen LogP contribution >= 0.6 is 0 Å². The topological polar surface area (TPSA) is 103 Å². The molecule has 1 fully saturated rings. The summed E-state index contributed by atoms with van der Waals surface area (Å²) in [5.41, 5.74) is 7.95. The smallest absolute Gasteiger partial charge is 0.266 e. The number of pyridine rings is 1. The third-order valence-corrected chi connectivity index (χ3v) is 4.32. The van der Waals surface area contributed by atoms with E-state index in [1.807, 2.05) is 11.0 Å². The molecule has 6 nitrogen and oxygen atoms in total. The fourth-order valence-electron chi connectivity index (χ4n) is 3.05. The van der Waals surface area contributed by atoms with Crippen molar-refractivity contribution in [2.75, 3.05) is 13.1 Å². The molecule has 22 heavy (non-hydrogen) atoms. The molecule has 1 aromatic heterocycles. The lowest BCUT2D eigenvalue weighted by Crippen LogP contribution is -2.45. The number of carbonyl (C=O) groups is 1. The summed E-state index contributed by atoms with van der Waals surface area (Å²) in [6.45, 7) is 4.94. The third kappa shape index (κ3) is 3.37. The molecule has 1 amide bonds. The Morgan fingerprint density at radius 1 is 1.50 bits per heavy atom. The zero-order valence-electron chi connectivity index (χ0n) is 13.1. The van der Waals surface area contributed by atoms with Gasteiger partial charge in [0.05, 0.1) is 0 Å². The van der Waals surface area contributed by atoms with E-state index in [1.54, 1.807) is 13.8 Å². The number of likely N-dealkylation sites (tertiary alicyclic amines) is 1. The molecular weight excluding hydrogens is 280 g/mol. The maximum absolute atomic E-state index is 12.3. The van der Waals surface area contributed by atoms with Crippen molar-refractivity contribution < 1.29 is 4.79 Å². The molecule has 0 unspecified atom stereocenters. The minimum absolute atomic E-state index is 0.0689. The Morgan fingerprint density at radius 3 is 2.86 bits per heavy atom. The van der Waals surface area contributed by atoms with E-state index in [1.165, 1.54) is 0 Å². The average molecular weight is 302 g/mol. The largest absolute Gasteiger partial charge is 0.341 e. The van der Waals surface area contributed by atoms with Gasteiger partial charge < -0.3 is 15.6 Å². The van der Waals surface area contributed by atoms with Crippen LogP contribution in [0.15, 0.2) is 4.79 Å². The Kier molecular flexibility index (Phi) is 4.99. The molecule has 6 heteroatoms. The molecule has 0 spiro atoms. The Balaban J connectivity index is 2.10. The second-order valence-corrected chi connectivity index (χ2v) is 5.91. The van der Waals surface area contributed by atoms with Gasteiger partial charge >= 0.3 is 0 Å². The molecular formula is C16H22N4O2. The third-order valence-electron chi connectivity index (χ3n) is 4.32. The standard InChI is InChI=1S/C16H22N4O2/c1-10-13(11(2)19-16(22)14(10)8-17)5-6-15(21)20-7-3-4-12(18)9-20/h12H,3-7,9,18H2,1-2H3,(H,19,22)/t12-/m0/s1. The summed E-state index contributed by atoms with van der Waals surface area (Å²) in [5.74, 6) is 0.0821. The minimum Gasteiger partial charge on any atom is -0.341 e. The number of hydrogen-bond donors (Lipinski definition) is 2. The Bertz CT molecular complexity index is 672. The molecule has 0 bridgehead atoms. The molecule has 1 aromatic rings. The zero-order chi connectivity index (χ0) is 16.3. The van der Waals surface area contributed by atoms with Gasteiger partial charge in [-0.1, -0.05) is 0 Å². The van der Waals surface area contributed by atoms with E-state index in [9.17, 15) is 9.59 Å². The molecule has 0 aromatic carbocycles. The first-order valence-electron chi connectivity index (χ1n) is 7.59. The van der Waals surface area contributed by atoms with Crippen LogP contribution in [-0.2, 0) is 11.2 Å². The van der Waals surface area contributed by atoms with Crippen molar-refractivity contribution in [2.45, 2.75) is 45.6 Å². The summed E-state index contributed by atoms with van der Waals surface area (Å²) in [5, 5.41) is 9.07. The van der Waals surface area contributed by atoms with Crippen molar-refractivity contribution in [3.8, 4) is 6.07 Å². The van der Waals surface area contributed by atoms with Crippen molar-refractivity contribution in [3.05, 3.63) is 32.7 Å². The molecule has 0 radical (unpaired) electrons. The number of H-pyrrole nitrogens is 1. The Hall–Kier alpha value is -2.13. The predicted octanol–water partition coefficient (Wildman–Crippen LogP) is 0.746. The lowest BCUT2D eigenvalue weighted by molar-refractivity contribution is -0.132. The summed E-state index contributed by atoms with van der Waals surface area (Å²) in [6.07, 6.45) is 2.80. The van der Waals surface area contributed by atoms with Gasteiger partial charge in [-0.15, -0.1) is 0 Å². The van der Waals surface area contributed by atoms with Gasteiger partial charge in [0.1, 0.15) is 11.6 Å². The molecule has 1 aliphatic rings. The first kappa shape index (κ1) is 16.2. The van der Waals surface area contributed by atoms with E-state index in [0.717, 1.165) is 30.6 Å². The fourth-order valence-corrected chi connectivity index (χ4v) is 3.05. The van der Waals surface area contributed by atoms with Gasteiger partial charge in [-0.25, -0.2) is 0 Å². The van der Waals surface area contributed by atoms with E-state index in [0.29, 0.717) is 24.9 Å². The normalized spacial score (nSPS) is 18.1. The van der Waals surface area contributed by atoms with Crippen LogP contribution < -0.4 is 11.3 Å². The lowest BCUT2D eigenvalue weighted by Gasteiger charge is -2.31. The molecule has 0 saturated carbocycles. The number of piperidine rings is 1. The minimum atomic E-state index is -0.366. The van der Waals surface area contributed by atoms with Gasteiger partial charge in [0.25, 0.3) is 5.56 Å². The van der Waals surface area contributed by atoms with E-state index in [-0.39, 0.29) is 23.1 Å². The molecule has 0 aliphatic carbocycles. The summed E-state index contributed by atoms with van der Waals surface area (Å²) in [7, 11) is 0. The van der Waals surface area contributed by atoms with Gasteiger partial charge in [-0.05, 0) is 44.2 Å². The number of rotatable bonds is 3. The fraction of sp³-hybridized carbons (Fsp3) is 0.562. The molecule has 118 valence electrons. The molecule has 2 rings (SSSR count). The Morgan fingerprint density at radius 2 is 2.23 bits per heavy atom. The van der Waals surface area contributed by atoms with Crippen molar-refractivity contribution >= 4 is 5.91 Å². The van der Waals surface area contributed by atoms with Crippen LogP contribution in [0.4, 0.5) is 0 Å². The number of aromatic nitrogens is 1. The first-order valence-corrected chi connectivity index (χ1v) is 7.59. The monoisotopic (exact) mass is 302 g/mol. The highest BCUT2D eigenvalue weighted by molar-refractivity contribution is 5.76. The molecule has 1 saturated heterocycles.